The Hall–Kier alpha value is -1.27. The van der Waals surface area contributed by atoms with E-state index in [0.29, 0.717) is 5.75 Å². The van der Waals surface area contributed by atoms with Gasteiger partial charge in [0.15, 0.2) is 5.96 Å². The van der Waals surface area contributed by atoms with E-state index < -0.39 is 0 Å². The molecule has 1 aromatic heterocycles. The van der Waals surface area contributed by atoms with Crippen LogP contribution in [0, 0.1) is 0 Å². The van der Waals surface area contributed by atoms with E-state index in [0.717, 1.165) is 4.90 Å². The van der Waals surface area contributed by atoms with E-state index in [1.54, 1.807) is 24.2 Å². The maximum atomic E-state index is 9.01. The largest absolute Gasteiger partial charge is 0.394 e. The molecule has 1 heterocycles. The number of aliphatic hydroxyl groups is 1. The molecule has 0 fully saturated rings. The van der Waals surface area contributed by atoms with Crippen LogP contribution in [-0.2, 0) is 0 Å². The smallest absolute Gasteiger partial charge is 0.186 e. The summed E-state index contributed by atoms with van der Waals surface area (Å²) in [6, 6.07) is 3.54. The third-order valence-electron chi connectivity index (χ3n) is 1.62. The quantitative estimate of drug-likeness (QED) is 0.367. The molecule has 6 heteroatoms. The fraction of sp³-hybridized carbons (Fsp3) is 0.333. The van der Waals surface area contributed by atoms with Crippen molar-refractivity contribution in [2.45, 2.75) is 10.9 Å². The third kappa shape index (κ3) is 4.66. The Labute approximate surface area is 92.6 Å². The SMILES string of the molecule is NC(N)=NC(CO)CSc1cccnc1. The Morgan fingerprint density at radius 1 is 1.60 bits per heavy atom. The molecule has 82 valence electrons. The summed E-state index contributed by atoms with van der Waals surface area (Å²) < 4.78 is 0. The molecule has 0 saturated heterocycles. The summed E-state index contributed by atoms with van der Waals surface area (Å²) in [7, 11) is 0. The van der Waals surface area contributed by atoms with Crippen LogP contribution >= 0.6 is 11.8 Å². The molecule has 1 atom stereocenters. The number of hydrogen-bond donors (Lipinski definition) is 3. The van der Waals surface area contributed by atoms with Gasteiger partial charge in [-0.15, -0.1) is 11.8 Å². The highest BCUT2D eigenvalue weighted by Crippen LogP contribution is 2.17. The van der Waals surface area contributed by atoms with Gasteiger partial charge in [0.05, 0.1) is 12.6 Å². The molecule has 5 N–H and O–H groups in total. The Kier molecular flexibility index (Phi) is 4.92. The van der Waals surface area contributed by atoms with Crippen LogP contribution in [-0.4, -0.2) is 34.5 Å². The fourth-order valence-electron chi connectivity index (χ4n) is 0.967. The van der Waals surface area contributed by atoms with Crippen molar-refractivity contribution in [3.63, 3.8) is 0 Å². The van der Waals surface area contributed by atoms with Gasteiger partial charge < -0.3 is 16.6 Å². The second-order valence-corrected chi connectivity index (χ2v) is 3.98. The van der Waals surface area contributed by atoms with Crippen molar-refractivity contribution in [1.82, 2.24) is 4.98 Å². The molecule has 0 radical (unpaired) electrons. The third-order valence-corrected chi connectivity index (χ3v) is 2.75. The number of aromatic nitrogens is 1. The normalized spacial score (nSPS) is 12.1. The molecule has 0 bridgehead atoms. The van der Waals surface area contributed by atoms with Crippen molar-refractivity contribution < 1.29 is 5.11 Å². The number of hydrogen-bond acceptors (Lipinski definition) is 4. The van der Waals surface area contributed by atoms with Crippen molar-refractivity contribution >= 4 is 17.7 Å². The van der Waals surface area contributed by atoms with E-state index in [4.69, 9.17) is 16.6 Å². The number of aliphatic hydroxyl groups excluding tert-OH is 1. The second-order valence-electron chi connectivity index (χ2n) is 2.89. The average molecular weight is 226 g/mol. The molecule has 0 aliphatic rings. The number of pyridine rings is 1. The van der Waals surface area contributed by atoms with E-state index in [2.05, 4.69) is 9.98 Å². The summed E-state index contributed by atoms with van der Waals surface area (Å²) in [6.45, 7) is -0.0643. The zero-order chi connectivity index (χ0) is 11.1. The average Bonchev–Trinajstić information content (AvgIpc) is 2.25. The molecule has 1 rings (SSSR count). The van der Waals surface area contributed by atoms with Crippen LogP contribution in [0.2, 0.25) is 0 Å². The van der Waals surface area contributed by atoms with Crippen LogP contribution in [0.25, 0.3) is 0 Å². The van der Waals surface area contributed by atoms with Crippen LogP contribution in [0.3, 0.4) is 0 Å². The van der Waals surface area contributed by atoms with E-state index >= 15 is 0 Å². The lowest BCUT2D eigenvalue weighted by atomic mass is 10.4. The molecule has 0 amide bonds. The van der Waals surface area contributed by atoms with Gasteiger partial charge >= 0.3 is 0 Å². The monoisotopic (exact) mass is 226 g/mol. The number of nitrogens with zero attached hydrogens (tertiary/aromatic N) is 2. The molecular formula is C9H14N4OS. The highest BCUT2D eigenvalue weighted by atomic mass is 32.2. The van der Waals surface area contributed by atoms with Crippen LogP contribution in [0.1, 0.15) is 0 Å². The topological polar surface area (TPSA) is 97.5 Å². The van der Waals surface area contributed by atoms with Gasteiger partial charge in [-0.2, -0.15) is 0 Å². The van der Waals surface area contributed by atoms with Crippen molar-refractivity contribution in [2.75, 3.05) is 12.4 Å². The maximum Gasteiger partial charge on any atom is 0.186 e. The van der Waals surface area contributed by atoms with Crippen molar-refractivity contribution in [1.29, 1.82) is 0 Å². The molecule has 5 nitrogen and oxygen atoms in total. The maximum absolute atomic E-state index is 9.01. The first-order valence-corrected chi connectivity index (χ1v) is 5.43. The van der Waals surface area contributed by atoms with E-state index in [1.807, 2.05) is 12.1 Å². The van der Waals surface area contributed by atoms with Crippen LogP contribution in [0.15, 0.2) is 34.4 Å². The van der Waals surface area contributed by atoms with Gasteiger partial charge in [0, 0.05) is 23.0 Å². The number of rotatable bonds is 5. The zero-order valence-electron chi connectivity index (χ0n) is 8.21. The van der Waals surface area contributed by atoms with Crippen LogP contribution < -0.4 is 11.5 Å². The van der Waals surface area contributed by atoms with Gasteiger partial charge in [-0.25, -0.2) is 4.99 Å². The van der Waals surface area contributed by atoms with E-state index in [1.165, 1.54) is 0 Å². The summed E-state index contributed by atoms with van der Waals surface area (Å²) in [5.74, 6) is 0.626. The summed E-state index contributed by atoms with van der Waals surface area (Å²) in [5.41, 5.74) is 10.5. The fourth-order valence-corrected chi connectivity index (χ4v) is 1.84. The lowest BCUT2D eigenvalue weighted by Gasteiger charge is -2.08. The lowest BCUT2D eigenvalue weighted by Crippen LogP contribution is -2.27. The number of nitrogens with two attached hydrogens (primary N) is 2. The summed E-state index contributed by atoms with van der Waals surface area (Å²) >= 11 is 1.55. The molecule has 0 aromatic carbocycles. The first-order valence-electron chi connectivity index (χ1n) is 4.45. The minimum atomic E-state index is -0.264. The highest BCUT2D eigenvalue weighted by Gasteiger charge is 2.06. The van der Waals surface area contributed by atoms with E-state index in [-0.39, 0.29) is 18.6 Å². The van der Waals surface area contributed by atoms with Crippen molar-refractivity contribution in [3.8, 4) is 0 Å². The molecule has 0 saturated carbocycles. The number of thioether (sulfide) groups is 1. The van der Waals surface area contributed by atoms with Gasteiger partial charge in [-0.1, -0.05) is 0 Å². The van der Waals surface area contributed by atoms with Gasteiger partial charge in [0.1, 0.15) is 0 Å². The van der Waals surface area contributed by atoms with Gasteiger partial charge in [0.25, 0.3) is 0 Å². The summed E-state index contributed by atoms with van der Waals surface area (Å²) in [5, 5.41) is 9.01. The van der Waals surface area contributed by atoms with Gasteiger partial charge in [-0.05, 0) is 12.1 Å². The number of guanidine groups is 1. The first-order chi connectivity index (χ1) is 7.22. The summed E-state index contributed by atoms with van der Waals surface area (Å²) in [6.07, 6.45) is 3.47. The van der Waals surface area contributed by atoms with E-state index in [9.17, 15) is 0 Å². The zero-order valence-corrected chi connectivity index (χ0v) is 9.02. The predicted molar refractivity (Wildman–Crippen MR) is 61.6 cm³/mol. The number of aliphatic imine (C=N–C) groups is 1. The molecule has 0 aliphatic carbocycles. The standard InChI is InChI=1S/C9H14N4OS/c10-9(11)13-7(5-14)6-15-8-2-1-3-12-4-8/h1-4,7,14H,5-6H2,(H4,10,11,13). The molecule has 0 spiro atoms. The Bertz CT molecular complexity index is 313. The molecule has 0 aliphatic heterocycles. The highest BCUT2D eigenvalue weighted by molar-refractivity contribution is 7.99. The molecular weight excluding hydrogens is 212 g/mol. The first kappa shape index (κ1) is 11.8. The molecule has 15 heavy (non-hydrogen) atoms. The second kappa shape index (κ2) is 6.26. The van der Waals surface area contributed by atoms with Crippen molar-refractivity contribution in [3.05, 3.63) is 24.5 Å². The van der Waals surface area contributed by atoms with Gasteiger partial charge in [0.2, 0.25) is 0 Å². The molecule has 1 aromatic rings. The lowest BCUT2D eigenvalue weighted by molar-refractivity contribution is 0.276. The predicted octanol–water partition coefficient (Wildman–Crippen LogP) is -0.192. The van der Waals surface area contributed by atoms with Gasteiger partial charge in [-0.3, -0.25) is 4.98 Å². The summed E-state index contributed by atoms with van der Waals surface area (Å²) in [4.78, 5) is 8.90. The molecule has 1 unspecified atom stereocenters. The Balaban J connectivity index is 2.45. The minimum absolute atomic E-state index is 0.000775. The van der Waals surface area contributed by atoms with Crippen LogP contribution in [0.5, 0.6) is 0 Å². The van der Waals surface area contributed by atoms with Crippen LogP contribution in [0.4, 0.5) is 0 Å². The Morgan fingerprint density at radius 3 is 2.93 bits per heavy atom. The Morgan fingerprint density at radius 2 is 2.40 bits per heavy atom. The minimum Gasteiger partial charge on any atom is -0.394 e. The van der Waals surface area contributed by atoms with Crippen molar-refractivity contribution in [2.24, 2.45) is 16.5 Å².